The van der Waals surface area contributed by atoms with Crippen LogP contribution in [0.5, 0.6) is 11.5 Å². The van der Waals surface area contributed by atoms with E-state index in [1.165, 1.54) is 19.2 Å². The number of hydrogen-bond donors (Lipinski definition) is 2. The molecule has 0 fully saturated rings. The molecule has 0 aliphatic carbocycles. The van der Waals surface area contributed by atoms with Crippen LogP contribution in [-0.2, 0) is 15.6 Å². The van der Waals surface area contributed by atoms with Gasteiger partial charge in [-0.1, -0.05) is 0 Å². The summed E-state index contributed by atoms with van der Waals surface area (Å²) in [6.45, 7) is 5.70. The number of benzene rings is 1. The summed E-state index contributed by atoms with van der Waals surface area (Å²) in [5.41, 5.74) is 5.40. The SMILES string of the molecule is COc1cc(C(=O)NCCS(=O)C(C)(C)C)ccc1OCC(N)=O. The number of rotatable bonds is 8. The van der Waals surface area contributed by atoms with Gasteiger partial charge in [-0.05, 0) is 39.0 Å². The maximum atomic E-state index is 12.1. The molecule has 1 aromatic carbocycles. The van der Waals surface area contributed by atoms with E-state index in [2.05, 4.69) is 5.32 Å². The summed E-state index contributed by atoms with van der Waals surface area (Å²) in [5.74, 6) is 0.113. The van der Waals surface area contributed by atoms with E-state index in [0.717, 1.165) is 0 Å². The van der Waals surface area contributed by atoms with Gasteiger partial charge in [0.25, 0.3) is 11.8 Å². The molecule has 2 amide bonds. The van der Waals surface area contributed by atoms with Crippen LogP contribution in [0.15, 0.2) is 18.2 Å². The smallest absolute Gasteiger partial charge is 0.255 e. The maximum absolute atomic E-state index is 12.1. The number of ether oxygens (including phenoxy) is 2. The molecule has 0 aliphatic rings. The van der Waals surface area contributed by atoms with Crippen LogP contribution in [0.2, 0.25) is 0 Å². The molecule has 1 atom stereocenters. The molecule has 0 heterocycles. The average Bonchev–Trinajstić information content (AvgIpc) is 2.51. The van der Waals surface area contributed by atoms with Gasteiger partial charge in [0.05, 0.1) is 7.11 Å². The van der Waals surface area contributed by atoms with Crippen molar-refractivity contribution in [3.05, 3.63) is 23.8 Å². The van der Waals surface area contributed by atoms with Crippen molar-refractivity contribution in [1.29, 1.82) is 0 Å². The topological polar surface area (TPSA) is 108 Å². The van der Waals surface area contributed by atoms with E-state index < -0.39 is 16.7 Å². The third kappa shape index (κ3) is 6.19. The summed E-state index contributed by atoms with van der Waals surface area (Å²) in [6.07, 6.45) is 0. The van der Waals surface area contributed by atoms with Crippen molar-refractivity contribution in [3.8, 4) is 11.5 Å². The minimum atomic E-state index is -1.03. The summed E-state index contributed by atoms with van der Waals surface area (Å²) in [7, 11) is 0.401. The van der Waals surface area contributed by atoms with E-state index in [1.54, 1.807) is 6.07 Å². The lowest BCUT2D eigenvalue weighted by molar-refractivity contribution is -0.119. The summed E-state index contributed by atoms with van der Waals surface area (Å²) in [5, 5.41) is 2.72. The molecule has 134 valence electrons. The van der Waals surface area contributed by atoms with Gasteiger partial charge in [-0.15, -0.1) is 0 Å². The fraction of sp³-hybridized carbons (Fsp3) is 0.500. The predicted molar refractivity (Wildman–Crippen MR) is 92.8 cm³/mol. The number of amides is 2. The van der Waals surface area contributed by atoms with Crippen molar-refractivity contribution in [3.63, 3.8) is 0 Å². The third-order valence-electron chi connectivity index (χ3n) is 3.05. The molecule has 0 spiro atoms. The highest BCUT2D eigenvalue weighted by atomic mass is 32.2. The summed E-state index contributed by atoms with van der Waals surface area (Å²) >= 11 is 0. The van der Waals surface area contributed by atoms with Crippen LogP contribution in [-0.4, -0.2) is 46.8 Å². The fourth-order valence-corrected chi connectivity index (χ4v) is 2.64. The first-order valence-electron chi connectivity index (χ1n) is 7.41. The highest BCUT2D eigenvalue weighted by molar-refractivity contribution is 7.86. The number of hydrogen-bond acceptors (Lipinski definition) is 5. The van der Waals surface area contributed by atoms with Crippen molar-refractivity contribution in [1.82, 2.24) is 5.32 Å². The van der Waals surface area contributed by atoms with E-state index >= 15 is 0 Å². The second kappa shape index (κ2) is 8.68. The van der Waals surface area contributed by atoms with Crippen LogP contribution < -0.4 is 20.5 Å². The summed E-state index contributed by atoms with van der Waals surface area (Å²) in [4.78, 5) is 22.9. The molecule has 0 saturated heterocycles. The molecule has 1 rings (SSSR count). The van der Waals surface area contributed by atoms with Crippen molar-refractivity contribution >= 4 is 22.6 Å². The Morgan fingerprint density at radius 3 is 2.46 bits per heavy atom. The van der Waals surface area contributed by atoms with E-state index in [1.807, 2.05) is 20.8 Å². The quantitative estimate of drug-likeness (QED) is 0.717. The number of carbonyl (C=O) groups is 2. The Labute approximate surface area is 144 Å². The predicted octanol–water partition coefficient (Wildman–Crippen LogP) is 0.836. The van der Waals surface area contributed by atoms with Gasteiger partial charge in [0, 0.05) is 33.4 Å². The average molecular weight is 356 g/mol. The molecule has 24 heavy (non-hydrogen) atoms. The van der Waals surface area contributed by atoms with E-state index in [9.17, 15) is 13.8 Å². The molecule has 0 aromatic heterocycles. The van der Waals surface area contributed by atoms with Gasteiger partial charge in [-0.2, -0.15) is 0 Å². The molecule has 3 N–H and O–H groups in total. The molecule has 8 heteroatoms. The number of nitrogens with one attached hydrogen (secondary N) is 1. The van der Waals surface area contributed by atoms with Gasteiger partial charge in [-0.3, -0.25) is 13.8 Å². The normalized spacial score (nSPS) is 12.3. The van der Waals surface area contributed by atoms with Crippen LogP contribution in [0.25, 0.3) is 0 Å². The van der Waals surface area contributed by atoms with Gasteiger partial charge in [0.2, 0.25) is 0 Å². The van der Waals surface area contributed by atoms with Gasteiger partial charge in [0.1, 0.15) is 0 Å². The Morgan fingerprint density at radius 2 is 1.92 bits per heavy atom. The minimum Gasteiger partial charge on any atom is -0.493 e. The van der Waals surface area contributed by atoms with Crippen molar-refractivity contribution in [2.45, 2.75) is 25.5 Å². The first-order chi connectivity index (χ1) is 11.1. The third-order valence-corrected chi connectivity index (χ3v) is 4.99. The van der Waals surface area contributed by atoms with Crippen LogP contribution in [0.1, 0.15) is 31.1 Å². The minimum absolute atomic E-state index is 0.277. The maximum Gasteiger partial charge on any atom is 0.255 e. The van der Waals surface area contributed by atoms with E-state index in [4.69, 9.17) is 15.2 Å². The second-order valence-electron chi connectivity index (χ2n) is 6.04. The molecular formula is C16H24N2O5S. The zero-order valence-corrected chi connectivity index (χ0v) is 15.2. The van der Waals surface area contributed by atoms with Crippen LogP contribution in [0.3, 0.4) is 0 Å². The Balaban J connectivity index is 2.67. The molecule has 0 bridgehead atoms. The van der Waals surface area contributed by atoms with Crippen LogP contribution in [0.4, 0.5) is 0 Å². The van der Waals surface area contributed by atoms with Gasteiger partial charge in [-0.25, -0.2) is 0 Å². The lowest BCUT2D eigenvalue weighted by Gasteiger charge is -2.17. The number of primary amides is 1. The Kier molecular flexibility index (Phi) is 7.21. The van der Waals surface area contributed by atoms with Crippen molar-refractivity contribution in [2.75, 3.05) is 26.0 Å². The van der Waals surface area contributed by atoms with Gasteiger partial charge >= 0.3 is 0 Å². The van der Waals surface area contributed by atoms with E-state index in [0.29, 0.717) is 29.4 Å². The highest BCUT2D eigenvalue weighted by Crippen LogP contribution is 2.28. The molecule has 0 radical (unpaired) electrons. The first kappa shape index (κ1) is 20.0. The first-order valence-corrected chi connectivity index (χ1v) is 8.73. The Hall–Kier alpha value is -2.09. The van der Waals surface area contributed by atoms with Crippen LogP contribution in [0, 0.1) is 0 Å². The largest absolute Gasteiger partial charge is 0.493 e. The Bertz CT molecular complexity index is 625. The molecule has 7 nitrogen and oxygen atoms in total. The monoisotopic (exact) mass is 356 g/mol. The number of methoxy groups -OCH3 is 1. The summed E-state index contributed by atoms with van der Waals surface area (Å²) in [6, 6.07) is 4.59. The lowest BCUT2D eigenvalue weighted by atomic mass is 10.2. The standard InChI is InChI=1S/C16H24N2O5S/c1-16(2,3)24(21)8-7-18-15(20)11-5-6-12(13(9-11)22-4)23-10-14(17)19/h5-6,9H,7-8,10H2,1-4H3,(H2,17,19)(H,18,20). The molecule has 0 saturated carbocycles. The zero-order chi connectivity index (χ0) is 18.3. The van der Waals surface area contributed by atoms with Crippen molar-refractivity contribution in [2.24, 2.45) is 5.73 Å². The molecule has 1 unspecified atom stereocenters. The van der Waals surface area contributed by atoms with Gasteiger partial charge in [0.15, 0.2) is 18.1 Å². The molecule has 0 aliphatic heterocycles. The Morgan fingerprint density at radius 1 is 1.25 bits per heavy atom. The fourth-order valence-electron chi connectivity index (χ4n) is 1.74. The molecular weight excluding hydrogens is 332 g/mol. The summed E-state index contributed by atoms with van der Waals surface area (Å²) < 4.78 is 22.0. The van der Waals surface area contributed by atoms with Gasteiger partial charge < -0.3 is 20.5 Å². The highest BCUT2D eigenvalue weighted by Gasteiger charge is 2.19. The van der Waals surface area contributed by atoms with Crippen molar-refractivity contribution < 1.29 is 23.3 Å². The second-order valence-corrected chi connectivity index (χ2v) is 8.36. The van der Waals surface area contributed by atoms with E-state index in [-0.39, 0.29) is 17.3 Å². The molecule has 1 aromatic rings. The number of carbonyl (C=O) groups excluding carboxylic acids is 2. The van der Waals surface area contributed by atoms with Crippen LogP contribution >= 0.6 is 0 Å². The lowest BCUT2D eigenvalue weighted by Crippen LogP contribution is -2.32. The zero-order valence-electron chi connectivity index (χ0n) is 14.4. The number of nitrogens with two attached hydrogens (primary N) is 1.